The van der Waals surface area contributed by atoms with Gasteiger partial charge in [0.05, 0.1) is 18.6 Å². The lowest BCUT2D eigenvalue weighted by Crippen LogP contribution is -2.38. The number of halogens is 1. The standard InChI is InChI=1S/C20H21ClN4O3S3/c1-11-5-7-24(8-6-11)15(26)10-30-19-22-17-16(18(27)23-19)31-20(29)25(17)13-9-12(21)3-4-14(13)28-2/h3-4,9,11H,5-8,10H2,1-2H3,(H,22,23,27). The first-order valence-electron chi connectivity index (χ1n) is 9.77. The topological polar surface area (TPSA) is 80.2 Å². The lowest BCUT2D eigenvalue weighted by atomic mass is 9.99. The summed E-state index contributed by atoms with van der Waals surface area (Å²) >= 11 is 14.1. The van der Waals surface area contributed by atoms with E-state index in [1.54, 1.807) is 29.9 Å². The molecule has 3 aromatic rings. The Bertz CT molecular complexity index is 1240. The summed E-state index contributed by atoms with van der Waals surface area (Å²) in [5.74, 6) is 1.49. The van der Waals surface area contributed by atoms with Gasteiger partial charge in [-0.05, 0) is 49.2 Å². The van der Waals surface area contributed by atoms with Crippen LogP contribution in [0.2, 0.25) is 5.02 Å². The first-order chi connectivity index (χ1) is 14.9. The van der Waals surface area contributed by atoms with Gasteiger partial charge >= 0.3 is 0 Å². The van der Waals surface area contributed by atoms with Crippen LogP contribution in [0.5, 0.6) is 5.75 Å². The molecule has 0 spiro atoms. The largest absolute Gasteiger partial charge is 0.495 e. The molecule has 7 nitrogen and oxygen atoms in total. The fourth-order valence-electron chi connectivity index (χ4n) is 3.49. The second-order valence-corrected chi connectivity index (χ2v) is 10.4. The average Bonchev–Trinajstić information content (AvgIpc) is 3.08. The molecule has 1 aromatic carbocycles. The number of nitrogens with one attached hydrogen (secondary N) is 1. The van der Waals surface area contributed by atoms with E-state index >= 15 is 0 Å². The van der Waals surface area contributed by atoms with Crippen molar-refractivity contribution >= 4 is 63.2 Å². The second kappa shape index (κ2) is 9.32. The van der Waals surface area contributed by atoms with Crippen LogP contribution in [0.1, 0.15) is 19.8 Å². The number of thioether (sulfide) groups is 1. The number of nitrogens with zero attached hydrogens (tertiary/aromatic N) is 3. The Morgan fingerprint density at radius 2 is 2.16 bits per heavy atom. The number of H-pyrrole nitrogens is 1. The Kier molecular flexibility index (Phi) is 6.71. The van der Waals surface area contributed by atoms with Crippen molar-refractivity contribution in [1.29, 1.82) is 0 Å². The molecule has 1 aliphatic heterocycles. The van der Waals surface area contributed by atoms with E-state index in [1.807, 2.05) is 4.90 Å². The summed E-state index contributed by atoms with van der Waals surface area (Å²) in [6.45, 7) is 3.77. The fraction of sp³-hybridized carbons (Fsp3) is 0.400. The van der Waals surface area contributed by atoms with Gasteiger partial charge < -0.3 is 14.6 Å². The second-order valence-electron chi connectivity index (χ2n) is 7.40. The highest BCUT2D eigenvalue weighted by molar-refractivity contribution is 7.99. The minimum atomic E-state index is -0.289. The number of hydrogen-bond acceptors (Lipinski definition) is 7. The zero-order valence-corrected chi connectivity index (χ0v) is 20.2. The van der Waals surface area contributed by atoms with Crippen LogP contribution in [-0.4, -0.2) is 51.3 Å². The highest BCUT2D eigenvalue weighted by atomic mass is 35.5. The number of rotatable bonds is 5. The first kappa shape index (κ1) is 22.3. The molecule has 1 amide bonds. The molecule has 11 heteroatoms. The quantitative estimate of drug-likeness (QED) is 0.318. The van der Waals surface area contributed by atoms with Crippen molar-refractivity contribution in [2.24, 2.45) is 5.92 Å². The van der Waals surface area contributed by atoms with E-state index in [-0.39, 0.29) is 17.2 Å². The average molecular weight is 497 g/mol. The molecule has 4 rings (SSSR count). The Labute approximate surface area is 197 Å². The minimum Gasteiger partial charge on any atom is -0.495 e. The maximum Gasteiger partial charge on any atom is 0.271 e. The van der Waals surface area contributed by atoms with Gasteiger partial charge in [-0.25, -0.2) is 4.98 Å². The van der Waals surface area contributed by atoms with Gasteiger partial charge in [0.1, 0.15) is 10.4 Å². The Balaban J connectivity index is 1.66. The fourth-order valence-corrected chi connectivity index (χ4v) is 5.67. The van der Waals surface area contributed by atoms with E-state index in [9.17, 15) is 9.59 Å². The maximum absolute atomic E-state index is 12.7. The van der Waals surface area contributed by atoms with Gasteiger partial charge in [-0.2, -0.15) is 0 Å². The molecule has 0 saturated carbocycles. The Morgan fingerprint density at radius 3 is 2.87 bits per heavy atom. The molecule has 0 atom stereocenters. The van der Waals surface area contributed by atoms with E-state index in [2.05, 4.69) is 16.9 Å². The van der Waals surface area contributed by atoms with Crippen molar-refractivity contribution in [3.63, 3.8) is 0 Å². The smallest absolute Gasteiger partial charge is 0.271 e. The summed E-state index contributed by atoms with van der Waals surface area (Å²) in [6.07, 6.45) is 2.05. The molecule has 3 heterocycles. The summed E-state index contributed by atoms with van der Waals surface area (Å²) in [6, 6.07) is 5.18. The monoisotopic (exact) mass is 496 g/mol. The van der Waals surface area contributed by atoms with Crippen molar-refractivity contribution in [3.05, 3.63) is 37.5 Å². The molecule has 1 saturated heterocycles. The van der Waals surface area contributed by atoms with Crippen molar-refractivity contribution in [3.8, 4) is 11.4 Å². The number of amides is 1. The predicted molar refractivity (Wildman–Crippen MR) is 128 cm³/mol. The number of hydrogen-bond donors (Lipinski definition) is 1. The van der Waals surface area contributed by atoms with Crippen molar-refractivity contribution in [1.82, 2.24) is 19.4 Å². The number of aromatic amines is 1. The van der Waals surface area contributed by atoms with E-state index < -0.39 is 0 Å². The van der Waals surface area contributed by atoms with E-state index in [0.29, 0.717) is 41.8 Å². The van der Waals surface area contributed by atoms with Crippen molar-refractivity contribution < 1.29 is 9.53 Å². The zero-order valence-electron chi connectivity index (χ0n) is 17.0. The van der Waals surface area contributed by atoms with Gasteiger partial charge in [0, 0.05) is 18.1 Å². The van der Waals surface area contributed by atoms with Crippen LogP contribution in [0, 0.1) is 9.87 Å². The van der Waals surface area contributed by atoms with Crippen molar-refractivity contribution in [2.75, 3.05) is 26.0 Å². The summed E-state index contributed by atoms with van der Waals surface area (Å²) in [5.41, 5.74) is 0.738. The summed E-state index contributed by atoms with van der Waals surface area (Å²) < 4.78 is 8.00. The third-order valence-electron chi connectivity index (χ3n) is 5.27. The molecule has 2 aromatic heterocycles. The molecule has 31 heavy (non-hydrogen) atoms. The highest BCUT2D eigenvalue weighted by Gasteiger charge is 2.21. The van der Waals surface area contributed by atoms with Crippen LogP contribution < -0.4 is 10.3 Å². The summed E-state index contributed by atoms with van der Waals surface area (Å²) in [4.78, 5) is 34.5. The van der Waals surface area contributed by atoms with Crippen LogP contribution >= 0.6 is 46.9 Å². The van der Waals surface area contributed by atoms with E-state index in [0.717, 1.165) is 25.9 Å². The maximum atomic E-state index is 12.7. The van der Waals surface area contributed by atoms with Gasteiger partial charge in [0.15, 0.2) is 14.8 Å². The van der Waals surface area contributed by atoms with Gasteiger partial charge in [-0.1, -0.05) is 41.6 Å². The van der Waals surface area contributed by atoms with Gasteiger partial charge in [0.25, 0.3) is 5.56 Å². The number of fused-ring (bicyclic) bond motifs is 1. The molecular weight excluding hydrogens is 476 g/mol. The highest BCUT2D eigenvalue weighted by Crippen LogP contribution is 2.32. The first-order valence-corrected chi connectivity index (χ1v) is 12.4. The number of benzene rings is 1. The summed E-state index contributed by atoms with van der Waals surface area (Å²) in [7, 11) is 1.55. The van der Waals surface area contributed by atoms with Crippen molar-refractivity contribution in [2.45, 2.75) is 24.9 Å². The predicted octanol–water partition coefficient (Wildman–Crippen LogP) is 4.52. The molecule has 0 bridgehead atoms. The van der Waals surface area contributed by atoms with Crippen LogP contribution in [0.3, 0.4) is 0 Å². The molecule has 1 fully saturated rings. The number of likely N-dealkylation sites (tertiary alicyclic amines) is 1. The molecule has 0 unspecified atom stereocenters. The van der Waals surface area contributed by atoms with Crippen LogP contribution in [0.25, 0.3) is 16.0 Å². The van der Waals surface area contributed by atoms with Crippen LogP contribution in [0.4, 0.5) is 0 Å². The Morgan fingerprint density at radius 1 is 1.42 bits per heavy atom. The molecule has 0 aliphatic carbocycles. The SMILES string of the molecule is COc1ccc(Cl)cc1-n1c(=S)sc2c(=O)[nH]c(SCC(=O)N3CCC(C)CC3)nc21. The number of thiazole rings is 1. The summed E-state index contributed by atoms with van der Waals surface area (Å²) in [5, 5.41) is 0.886. The number of carbonyl (C=O) groups is 1. The third-order valence-corrected chi connectivity index (χ3v) is 7.73. The van der Waals surface area contributed by atoms with Crippen LogP contribution in [0.15, 0.2) is 28.2 Å². The molecule has 164 valence electrons. The molecule has 1 N–H and O–H groups in total. The molecular formula is C20H21ClN4O3S3. The van der Waals surface area contributed by atoms with E-state index in [4.69, 9.17) is 28.6 Å². The Hall–Kier alpha value is -1.88. The number of carbonyl (C=O) groups excluding carboxylic acids is 1. The molecule has 1 aliphatic rings. The lowest BCUT2D eigenvalue weighted by molar-refractivity contribution is -0.129. The lowest BCUT2D eigenvalue weighted by Gasteiger charge is -2.30. The van der Waals surface area contributed by atoms with Gasteiger partial charge in [0.2, 0.25) is 5.91 Å². The number of aromatic nitrogens is 3. The van der Waals surface area contributed by atoms with Crippen LogP contribution in [-0.2, 0) is 4.79 Å². The third kappa shape index (κ3) is 4.67. The van der Waals surface area contributed by atoms with Gasteiger partial charge in [-0.15, -0.1) is 0 Å². The molecule has 0 radical (unpaired) electrons. The number of piperidine rings is 1. The number of methoxy groups -OCH3 is 1. The number of ether oxygens (including phenoxy) is 1. The zero-order chi connectivity index (χ0) is 22.1. The minimum absolute atomic E-state index is 0.0540. The van der Waals surface area contributed by atoms with E-state index in [1.165, 1.54) is 23.1 Å². The normalized spacial score (nSPS) is 14.9. The van der Waals surface area contributed by atoms with Gasteiger partial charge in [-0.3, -0.25) is 14.2 Å².